The van der Waals surface area contributed by atoms with Gasteiger partial charge in [-0.15, -0.1) is 0 Å². The van der Waals surface area contributed by atoms with Gasteiger partial charge in [-0.25, -0.2) is 13.2 Å². The summed E-state index contributed by atoms with van der Waals surface area (Å²) < 4.78 is 31.9. The van der Waals surface area contributed by atoms with Crippen LogP contribution in [-0.4, -0.2) is 44.3 Å². The van der Waals surface area contributed by atoms with Crippen LogP contribution >= 0.6 is 0 Å². The number of rotatable bonds is 8. The molecule has 8 heteroatoms. The molecule has 1 amide bonds. The zero-order valence-electron chi connectivity index (χ0n) is 18.6. The first kappa shape index (κ1) is 23.7. The lowest BCUT2D eigenvalue weighted by Gasteiger charge is -2.20. The van der Waals surface area contributed by atoms with E-state index in [1.807, 2.05) is 60.7 Å². The maximum absolute atomic E-state index is 12.6. The Morgan fingerprint density at radius 2 is 1.35 bits per heavy atom. The molecule has 1 fully saturated rings. The van der Waals surface area contributed by atoms with Crippen LogP contribution in [0.3, 0.4) is 0 Å². The first-order chi connectivity index (χ1) is 16.4. The highest BCUT2D eigenvalue weighted by Crippen LogP contribution is 2.22. The van der Waals surface area contributed by atoms with Gasteiger partial charge in [0.05, 0.1) is 16.5 Å². The van der Waals surface area contributed by atoms with E-state index in [-0.39, 0.29) is 16.5 Å². The SMILES string of the molecule is O=C(COC(=O)c1ccc(S(=O)(=O)N2CCCC2)cc1)NC(c1ccccc1)c1ccccc1. The lowest BCUT2D eigenvalue weighted by molar-refractivity contribution is -0.124. The quantitative estimate of drug-likeness (QED) is 0.500. The fourth-order valence-corrected chi connectivity index (χ4v) is 5.42. The highest BCUT2D eigenvalue weighted by Gasteiger charge is 2.27. The summed E-state index contributed by atoms with van der Waals surface area (Å²) in [5.74, 6) is -1.14. The van der Waals surface area contributed by atoms with Gasteiger partial charge in [0.25, 0.3) is 5.91 Å². The molecule has 176 valence electrons. The lowest BCUT2D eigenvalue weighted by Crippen LogP contribution is -2.33. The van der Waals surface area contributed by atoms with Gasteiger partial charge in [0.2, 0.25) is 10.0 Å². The molecule has 3 aromatic rings. The normalized spacial score (nSPS) is 14.1. The highest BCUT2D eigenvalue weighted by atomic mass is 32.2. The summed E-state index contributed by atoms with van der Waals surface area (Å²) in [6.07, 6.45) is 1.70. The van der Waals surface area contributed by atoms with E-state index in [1.165, 1.54) is 28.6 Å². The number of sulfonamides is 1. The zero-order chi connectivity index (χ0) is 24.0. The summed E-state index contributed by atoms with van der Waals surface area (Å²) in [7, 11) is -3.56. The Balaban J connectivity index is 1.38. The van der Waals surface area contributed by atoms with Crippen LogP contribution in [0.15, 0.2) is 89.8 Å². The Labute approximate surface area is 199 Å². The number of carbonyl (C=O) groups excluding carboxylic acids is 2. The summed E-state index contributed by atoms with van der Waals surface area (Å²) in [6, 6.07) is 24.3. The van der Waals surface area contributed by atoms with Crippen molar-refractivity contribution in [2.45, 2.75) is 23.8 Å². The minimum absolute atomic E-state index is 0.136. The van der Waals surface area contributed by atoms with Gasteiger partial charge >= 0.3 is 5.97 Å². The average molecular weight is 479 g/mol. The standard InChI is InChI=1S/C26H26N2O5S/c29-24(27-25(20-9-3-1-4-10-20)21-11-5-2-6-12-21)19-33-26(30)22-13-15-23(16-14-22)34(31,32)28-17-7-8-18-28/h1-6,9-16,25H,7-8,17-19H2,(H,27,29). The van der Waals surface area contributed by atoms with Crippen LogP contribution in [0.5, 0.6) is 0 Å². The topological polar surface area (TPSA) is 92.8 Å². The van der Waals surface area contributed by atoms with Gasteiger partial charge in [-0.3, -0.25) is 4.79 Å². The van der Waals surface area contributed by atoms with Crippen molar-refractivity contribution in [3.8, 4) is 0 Å². The van der Waals surface area contributed by atoms with Crippen LogP contribution in [0, 0.1) is 0 Å². The number of nitrogens with zero attached hydrogens (tertiary/aromatic N) is 1. The summed E-state index contributed by atoms with van der Waals surface area (Å²) in [4.78, 5) is 25.2. The van der Waals surface area contributed by atoms with Gasteiger partial charge in [0.1, 0.15) is 0 Å². The second kappa shape index (κ2) is 10.6. The third kappa shape index (κ3) is 5.52. The van der Waals surface area contributed by atoms with Crippen molar-refractivity contribution in [1.82, 2.24) is 9.62 Å². The molecule has 1 N–H and O–H groups in total. The van der Waals surface area contributed by atoms with Crippen LogP contribution < -0.4 is 5.32 Å². The van der Waals surface area contributed by atoms with Gasteiger partial charge < -0.3 is 10.1 Å². The Bertz CT molecular complexity index is 1180. The van der Waals surface area contributed by atoms with E-state index in [1.54, 1.807) is 0 Å². The molecule has 4 rings (SSSR count). The minimum Gasteiger partial charge on any atom is -0.452 e. The molecule has 1 heterocycles. The molecule has 34 heavy (non-hydrogen) atoms. The van der Waals surface area contributed by atoms with Crippen molar-refractivity contribution in [2.75, 3.05) is 19.7 Å². The first-order valence-electron chi connectivity index (χ1n) is 11.1. The minimum atomic E-state index is -3.56. The lowest BCUT2D eigenvalue weighted by atomic mass is 9.99. The predicted octanol–water partition coefficient (Wildman–Crippen LogP) is 3.53. The zero-order valence-corrected chi connectivity index (χ0v) is 19.4. The molecule has 0 unspecified atom stereocenters. The second-order valence-electron chi connectivity index (χ2n) is 8.03. The number of hydrogen-bond donors (Lipinski definition) is 1. The first-order valence-corrected chi connectivity index (χ1v) is 12.6. The molecule has 0 radical (unpaired) electrons. The Hall–Kier alpha value is -3.49. The van der Waals surface area contributed by atoms with Crippen LogP contribution in [0.1, 0.15) is 40.4 Å². The van der Waals surface area contributed by atoms with Crippen molar-refractivity contribution in [2.24, 2.45) is 0 Å². The smallest absolute Gasteiger partial charge is 0.338 e. The van der Waals surface area contributed by atoms with Crippen LogP contribution in [0.4, 0.5) is 0 Å². The maximum atomic E-state index is 12.6. The molecule has 3 aromatic carbocycles. The molecule has 0 saturated carbocycles. The van der Waals surface area contributed by atoms with Crippen molar-refractivity contribution in [3.63, 3.8) is 0 Å². The Morgan fingerprint density at radius 1 is 0.824 bits per heavy atom. The molecule has 7 nitrogen and oxygen atoms in total. The van der Waals surface area contributed by atoms with E-state index in [4.69, 9.17) is 4.74 Å². The molecule has 1 saturated heterocycles. The van der Waals surface area contributed by atoms with Crippen molar-refractivity contribution in [1.29, 1.82) is 0 Å². The Morgan fingerprint density at radius 3 is 1.88 bits per heavy atom. The third-order valence-corrected chi connectivity index (χ3v) is 7.61. The number of benzene rings is 3. The van der Waals surface area contributed by atoms with Crippen molar-refractivity contribution >= 4 is 21.9 Å². The molecule has 0 aromatic heterocycles. The van der Waals surface area contributed by atoms with Gasteiger partial charge in [-0.05, 0) is 48.2 Å². The Kier molecular flexibility index (Phi) is 7.40. The van der Waals surface area contributed by atoms with Gasteiger partial charge in [0.15, 0.2) is 6.61 Å². The summed E-state index contributed by atoms with van der Waals surface area (Å²) in [5, 5.41) is 2.92. The fourth-order valence-electron chi connectivity index (χ4n) is 3.91. The van der Waals surface area contributed by atoms with E-state index in [0.29, 0.717) is 13.1 Å². The van der Waals surface area contributed by atoms with Gasteiger partial charge in [-0.1, -0.05) is 60.7 Å². The van der Waals surface area contributed by atoms with Crippen LogP contribution in [0.25, 0.3) is 0 Å². The second-order valence-corrected chi connectivity index (χ2v) is 9.97. The van der Waals surface area contributed by atoms with Crippen molar-refractivity contribution < 1.29 is 22.7 Å². The molecule has 0 atom stereocenters. The predicted molar refractivity (Wildman–Crippen MR) is 128 cm³/mol. The molecule has 0 bridgehead atoms. The molecule has 0 aliphatic carbocycles. The van der Waals surface area contributed by atoms with Gasteiger partial charge in [-0.2, -0.15) is 4.31 Å². The number of esters is 1. The fraction of sp³-hybridized carbons (Fsp3) is 0.231. The number of nitrogens with one attached hydrogen (secondary N) is 1. The number of carbonyl (C=O) groups is 2. The van der Waals surface area contributed by atoms with E-state index < -0.39 is 28.5 Å². The monoisotopic (exact) mass is 478 g/mol. The van der Waals surface area contributed by atoms with Crippen LogP contribution in [-0.2, 0) is 19.6 Å². The third-order valence-electron chi connectivity index (χ3n) is 5.70. The maximum Gasteiger partial charge on any atom is 0.338 e. The summed E-state index contributed by atoms with van der Waals surface area (Å²) in [6.45, 7) is 0.561. The summed E-state index contributed by atoms with van der Waals surface area (Å²) in [5.41, 5.74) is 1.99. The average Bonchev–Trinajstić information content (AvgIpc) is 3.43. The van der Waals surface area contributed by atoms with Gasteiger partial charge in [0, 0.05) is 13.1 Å². The molecule has 1 aliphatic rings. The van der Waals surface area contributed by atoms with E-state index in [0.717, 1.165) is 24.0 Å². The summed E-state index contributed by atoms with van der Waals surface area (Å²) >= 11 is 0. The van der Waals surface area contributed by atoms with E-state index in [2.05, 4.69) is 5.32 Å². The highest BCUT2D eigenvalue weighted by molar-refractivity contribution is 7.89. The molecular weight excluding hydrogens is 452 g/mol. The largest absolute Gasteiger partial charge is 0.452 e. The molecule has 1 aliphatic heterocycles. The number of hydrogen-bond acceptors (Lipinski definition) is 5. The van der Waals surface area contributed by atoms with E-state index in [9.17, 15) is 18.0 Å². The number of amides is 1. The molecule has 0 spiro atoms. The van der Waals surface area contributed by atoms with Crippen molar-refractivity contribution in [3.05, 3.63) is 102 Å². The number of ether oxygens (including phenoxy) is 1. The van der Waals surface area contributed by atoms with E-state index >= 15 is 0 Å². The van der Waals surface area contributed by atoms with Crippen LogP contribution in [0.2, 0.25) is 0 Å². The molecular formula is C26H26N2O5S.